The van der Waals surface area contributed by atoms with Crippen molar-refractivity contribution in [1.82, 2.24) is 4.31 Å². The number of nitrogens with zero attached hydrogens (tertiary/aromatic N) is 2. The Morgan fingerprint density at radius 3 is 2.26 bits per heavy atom. The molecule has 9 heteroatoms. The van der Waals surface area contributed by atoms with E-state index in [4.69, 9.17) is 0 Å². The van der Waals surface area contributed by atoms with Gasteiger partial charge >= 0.3 is 0 Å². The van der Waals surface area contributed by atoms with Crippen LogP contribution in [0.1, 0.15) is 18.6 Å². The summed E-state index contributed by atoms with van der Waals surface area (Å²) in [7, 11) is -2.64. The molecular weight excluding hydrogens is 324 g/mol. The van der Waals surface area contributed by atoms with Crippen LogP contribution in [0.4, 0.5) is 5.69 Å². The number of allylic oxidation sites excluding steroid dienone is 1. The molecule has 0 saturated heterocycles. The van der Waals surface area contributed by atoms with Gasteiger partial charge in [-0.05, 0) is 24.6 Å². The number of nitro groups is 1. The molecule has 0 unspecified atom stereocenters. The maximum absolute atomic E-state index is 12.3. The monoisotopic (exact) mass is 342 g/mol. The third kappa shape index (κ3) is 4.60. The van der Waals surface area contributed by atoms with Gasteiger partial charge in [0.15, 0.2) is 0 Å². The third-order valence-corrected chi connectivity index (χ3v) is 4.45. The summed E-state index contributed by atoms with van der Waals surface area (Å²) >= 11 is 0. The summed E-state index contributed by atoms with van der Waals surface area (Å²) in [6.45, 7) is 1.63. The molecule has 2 atom stereocenters. The van der Waals surface area contributed by atoms with Crippen molar-refractivity contribution in [3.63, 3.8) is 0 Å². The molecular formula is C14H18N2O6S. The van der Waals surface area contributed by atoms with Crippen LogP contribution in [0.25, 0.3) is 0 Å². The maximum Gasteiger partial charge on any atom is 0.269 e. The minimum atomic E-state index is -3.75. The number of non-ortho nitro benzene ring substituents is 1. The van der Waals surface area contributed by atoms with Gasteiger partial charge in [0.1, 0.15) is 0 Å². The van der Waals surface area contributed by atoms with Gasteiger partial charge in [0.2, 0.25) is 15.9 Å². The molecule has 0 radical (unpaired) electrons. The van der Waals surface area contributed by atoms with Crippen LogP contribution in [0.5, 0.6) is 0 Å². The number of sulfonamides is 1. The zero-order valence-corrected chi connectivity index (χ0v) is 13.7. The summed E-state index contributed by atoms with van der Waals surface area (Å²) in [6, 6.07) is 5.06. The molecule has 1 rings (SSSR count). The molecule has 23 heavy (non-hydrogen) atoms. The minimum Gasteiger partial charge on any atom is -0.387 e. The molecule has 0 fully saturated rings. The molecule has 0 aliphatic carbocycles. The fraction of sp³-hybridized carbons (Fsp3) is 0.357. The zero-order chi connectivity index (χ0) is 17.8. The van der Waals surface area contributed by atoms with Crippen molar-refractivity contribution in [2.75, 3.05) is 13.3 Å². The summed E-state index contributed by atoms with van der Waals surface area (Å²) in [5.41, 5.74) is 0.122. The Labute approximate surface area is 134 Å². The quantitative estimate of drug-likeness (QED) is 0.472. The number of carbonyl (C=O) groups excluding carboxylic acids is 1. The van der Waals surface area contributed by atoms with E-state index in [1.54, 1.807) is 6.92 Å². The summed E-state index contributed by atoms with van der Waals surface area (Å²) in [5, 5.41) is 21.0. The second-order valence-corrected chi connectivity index (χ2v) is 6.93. The molecule has 1 N–H and O–H groups in total. The van der Waals surface area contributed by atoms with Gasteiger partial charge in [0.05, 0.1) is 23.2 Å². The first-order chi connectivity index (χ1) is 10.6. The molecule has 0 saturated carbocycles. The molecule has 0 aromatic heterocycles. The van der Waals surface area contributed by atoms with Crippen molar-refractivity contribution in [2.45, 2.75) is 13.0 Å². The Morgan fingerprint density at radius 1 is 1.35 bits per heavy atom. The van der Waals surface area contributed by atoms with E-state index in [1.807, 2.05) is 0 Å². The number of hydrogen-bond acceptors (Lipinski definition) is 6. The molecule has 0 bridgehead atoms. The molecule has 1 aromatic rings. The van der Waals surface area contributed by atoms with E-state index in [1.165, 1.54) is 36.4 Å². The van der Waals surface area contributed by atoms with Gasteiger partial charge in [0, 0.05) is 19.2 Å². The number of aliphatic hydroxyl groups is 1. The number of nitro benzene ring substituents is 1. The molecule has 0 aliphatic heterocycles. The fourth-order valence-electron chi connectivity index (χ4n) is 1.90. The third-order valence-electron chi connectivity index (χ3n) is 3.28. The van der Waals surface area contributed by atoms with Crippen LogP contribution in [0.3, 0.4) is 0 Å². The average molecular weight is 342 g/mol. The molecule has 1 amide bonds. The van der Waals surface area contributed by atoms with Crippen LogP contribution < -0.4 is 0 Å². The van der Waals surface area contributed by atoms with Crippen molar-refractivity contribution in [3.8, 4) is 0 Å². The molecule has 0 heterocycles. The fourth-order valence-corrected chi connectivity index (χ4v) is 2.35. The highest BCUT2D eigenvalue weighted by Crippen LogP contribution is 2.27. The van der Waals surface area contributed by atoms with Crippen molar-refractivity contribution < 1.29 is 23.2 Å². The van der Waals surface area contributed by atoms with E-state index in [-0.39, 0.29) is 11.3 Å². The topological polar surface area (TPSA) is 118 Å². The Bertz CT molecular complexity index is 711. The molecule has 126 valence electrons. The van der Waals surface area contributed by atoms with Crippen molar-refractivity contribution >= 4 is 21.6 Å². The van der Waals surface area contributed by atoms with Crippen molar-refractivity contribution in [2.24, 2.45) is 5.92 Å². The Hall–Kier alpha value is -2.26. The lowest BCUT2D eigenvalue weighted by Gasteiger charge is -2.24. The molecule has 1 aromatic carbocycles. The summed E-state index contributed by atoms with van der Waals surface area (Å²) in [5.74, 6) is -1.92. The van der Waals surface area contributed by atoms with Gasteiger partial charge in [-0.2, -0.15) is 0 Å². The highest BCUT2D eigenvalue weighted by Gasteiger charge is 2.31. The lowest BCUT2D eigenvalue weighted by molar-refractivity contribution is -0.384. The van der Waals surface area contributed by atoms with E-state index in [0.717, 1.165) is 13.3 Å². The minimum absolute atomic E-state index is 0.150. The number of hydrogen-bond donors (Lipinski definition) is 1. The Morgan fingerprint density at radius 2 is 1.87 bits per heavy atom. The van der Waals surface area contributed by atoms with Crippen molar-refractivity contribution in [3.05, 3.63) is 52.1 Å². The second-order valence-electron chi connectivity index (χ2n) is 4.91. The Balaban J connectivity index is 3.14. The van der Waals surface area contributed by atoms with Crippen LogP contribution in [0, 0.1) is 16.0 Å². The van der Waals surface area contributed by atoms with Gasteiger partial charge in [0.25, 0.3) is 5.69 Å². The number of amides is 1. The van der Waals surface area contributed by atoms with E-state index in [0.29, 0.717) is 4.31 Å². The predicted octanol–water partition coefficient (Wildman–Crippen LogP) is 1.24. The first-order valence-electron chi connectivity index (χ1n) is 6.62. The maximum atomic E-state index is 12.3. The summed E-state index contributed by atoms with van der Waals surface area (Å²) < 4.78 is 23.5. The number of carbonyl (C=O) groups is 1. The summed E-state index contributed by atoms with van der Waals surface area (Å²) in [4.78, 5) is 22.3. The largest absolute Gasteiger partial charge is 0.387 e. The van der Waals surface area contributed by atoms with E-state index in [2.05, 4.69) is 0 Å². The first-order valence-corrected chi connectivity index (χ1v) is 8.47. The van der Waals surface area contributed by atoms with Crippen LogP contribution >= 0.6 is 0 Å². The Kier molecular flexibility index (Phi) is 5.99. The highest BCUT2D eigenvalue weighted by molar-refractivity contribution is 7.88. The normalized spacial score (nSPS) is 14.4. The first kappa shape index (κ1) is 18.8. The standard InChI is InChI=1S/C14H18N2O6S/c1-4-5-12(14(18)15(2)23(3,21)22)13(17)10-6-8-11(9-7-10)16(19)20/h4-9,12-13,17H,1-3H3/b5-4+/t12-,13-/m1/s1. The van der Waals surface area contributed by atoms with Gasteiger partial charge in [-0.3, -0.25) is 14.9 Å². The molecule has 0 aliphatic rings. The number of benzene rings is 1. The predicted molar refractivity (Wildman–Crippen MR) is 84.0 cm³/mol. The van der Waals surface area contributed by atoms with Gasteiger partial charge in [-0.15, -0.1) is 0 Å². The van der Waals surface area contributed by atoms with Crippen molar-refractivity contribution in [1.29, 1.82) is 0 Å². The average Bonchev–Trinajstić information content (AvgIpc) is 2.49. The molecule has 0 spiro atoms. The lowest BCUT2D eigenvalue weighted by Crippen LogP contribution is -2.38. The van der Waals surface area contributed by atoms with Gasteiger partial charge in [-0.1, -0.05) is 12.2 Å². The van der Waals surface area contributed by atoms with Gasteiger partial charge < -0.3 is 5.11 Å². The van der Waals surface area contributed by atoms with Gasteiger partial charge in [-0.25, -0.2) is 12.7 Å². The zero-order valence-electron chi connectivity index (χ0n) is 12.9. The number of aliphatic hydroxyl groups excluding tert-OH is 1. The van der Waals surface area contributed by atoms with E-state index < -0.39 is 32.9 Å². The van der Waals surface area contributed by atoms with Crippen LogP contribution in [-0.4, -0.2) is 42.0 Å². The van der Waals surface area contributed by atoms with E-state index in [9.17, 15) is 28.4 Å². The van der Waals surface area contributed by atoms with Crippen LogP contribution in [0.15, 0.2) is 36.4 Å². The SMILES string of the molecule is C/C=C/[C@@H](C(=O)N(C)S(C)(=O)=O)[C@H](O)c1ccc([N+](=O)[O-])cc1. The molecule has 8 nitrogen and oxygen atoms in total. The summed E-state index contributed by atoms with van der Waals surface area (Å²) in [6.07, 6.45) is 2.46. The van der Waals surface area contributed by atoms with E-state index >= 15 is 0 Å². The highest BCUT2D eigenvalue weighted by atomic mass is 32.2. The van der Waals surface area contributed by atoms with Crippen LogP contribution in [0.2, 0.25) is 0 Å². The number of rotatable bonds is 6. The second kappa shape index (κ2) is 7.34. The lowest BCUT2D eigenvalue weighted by atomic mass is 9.94. The smallest absolute Gasteiger partial charge is 0.269 e. The van der Waals surface area contributed by atoms with Crippen LogP contribution in [-0.2, 0) is 14.8 Å².